The van der Waals surface area contributed by atoms with Gasteiger partial charge in [0.2, 0.25) is 10.0 Å². The largest absolute Gasteiger partial charge is 0.484 e. The van der Waals surface area contributed by atoms with Gasteiger partial charge in [-0.3, -0.25) is 9.12 Å². The minimum Gasteiger partial charge on any atom is -0.484 e. The Bertz CT molecular complexity index is 1490. The SMILES string of the molecule is CS(=O)(=O)Nc1cccc(NC(=O)NC2CCC(Oc3ccc4nncn4c3)c3ccccc32)c1. The van der Waals surface area contributed by atoms with E-state index >= 15 is 0 Å². The molecule has 1 aliphatic carbocycles. The van der Waals surface area contributed by atoms with Crippen LogP contribution in [0.2, 0.25) is 0 Å². The van der Waals surface area contributed by atoms with E-state index in [4.69, 9.17) is 4.74 Å². The number of urea groups is 1. The van der Waals surface area contributed by atoms with E-state index in [-0.39, 0.29) is 18.2 Å². The summed E-state index contributed by atoms with van der Waals surface area (Å²) < 4.78 is 33.5. The Balaban J connectivity index is 1.28. The lowest BCUT2D eigenvalue weighted by atomic mass is 9.85. The molecule has 0 radical (unpaired) electrons. The van der Waals surface area contributed by atoms with Crippen LogP contribution in [0, 0.1) is 0 Å². The highest BCUT2D eigenvalue weighted by molar-refractivity contribution is 7.92. The van der Waals surface area contributed by atoms with Crippen LogP contribution in [-0.2, 0) is 10.0 Å². The Morgan fingerprint density at radius 2 is 1.83 bits per heavy atom. The predicted molar refractivity (Wildman–Crippen MR) is 132 cm³/mol. The van der Waals surface area contributed by atoms with Gasteiger partial charge in [0.05, 0.1) is 24.2 Å². The number of amides is 2. The van der Waals surface area contributed by atoms with Gasteiger partial charge >= 0.3 is 6.03 Å². The highest BCUT2D eigenvalue weighted by atomic mass is 32.2. The third-order valence-electron chi connectivity index (χ3n) is 5.71. The summed E-state index contributed by atoms with van der Waals surface area (Å²) in [5.74, 6) is 0.712. The molecule has 2 aromatic heterocycles. The van der Waals surface area contributed by atoms with Gasteiger partial charge in [-0.1, -0.05) is 30.3 Å². The first-order valence-corrected chi connectivity index (χ1v) is 12.9. The topological polar surface area (TPSA) is 127 Å². The number of carbonyl (C=O) groups excluding carboxylic acids is 1. The van der Waals surface area contributed by atoms with Crippen LogP contribution < -0.4 is 20.1 Å². The normalized spacial score (nSPS) is 17.4. The van der Waals surface area contributed by atoms with Crippen molar-refractivity contribution >= 4 is 33.1 Å². The second kappa shape index (κ2) is 9.26. The highest BCUT2D eigenvalue weighted by Gasteiger charge is 2.29. The summed E-state index contributed by atoms with van der Waals surface area (Å²) >= 11 is 0. The number of hydrogen-bond acceptors (Lipinski definition) is 6. The number of aromatic nitrogens is 3. The van der Waals surface area contributed by atoms with Crippen molar-refractivity contribution in [2.75, 3.05) is 16.3 Å². The fourth-order valence-electron chi connectivity index (χ4n) is 4.26. The minimum atomic E-state index is -3.41. The molecule has 5 rings (SSSR count). The Hall–Kier alpha value is -4.12. The number of anilines is 2. The van der Waals surface area contributed by atoms with Gasteiger partial charge < -0.3 is 15.4 Å². The van der Waals surface area contributed by atoms with E-state index in [1.54, 1.807) is 35.0 Å². The van der Waals surface area contributed by atoms with Crippen LogP contribution in [0.15, 0.2) is 73.2 Å². The second-order valence-corrected chi connectivity index (χ2v) is 10.1. The first-order valence-electron chi connectivity index (χ1n) is 11.0. The van der Waals surface area contributed by atoms with E-state index in [1.807, 2.05) is 42.6 Å². The van der Waals surface area contributed by atoms with Crippen LogP contribution in [0.5, 0.6) is 5.75 Å². The minimum absolute atomic E-state index is 0.153. The van der Waals surface area contributed by atoms with Crippen molar-refractivity contribution in [2.24, 2.45) is 0 Å². The van der Waals surface area contributed by atoms with E-state index in [0.29, 0.717) is 23.5 Å². The van der Waals surface area contributed by atoms with Gasteiger partial charge in [0.1, 0.15) is 18.2 Å². The molecule has 1 aliphatic rings. The van der Waals surface area contributed by atoms with Crippen LogP contribution >= 0.6 is 0 Å². The number of fused-ring (bicyclic) bond motifs is 2. The highest BCUT2D eigenvalue weighted by Crippen LogP contribution is 2.38. The quantitative estimate of drug-likeness (QED) is 0.375. The van der Waals surface area contributed by atoms with Crippen molar-refractivity contribution < 1.29 is 17.9 Å². The summed E-state index contributed by atoms with van der Waals surface area (Å²) in [5, 5.41) is 13.7. The van der Waals surface area contributed by atoms with Crippen molar-refractivity contribution in [3.8, 4) is 5.75 Å². The zero-order valence-electron chi connectivity index (χ0n) is 18.9. The molecule has 2 unspecified atom stereocenters. The van der Waals surface area contributed by atoms with Crippen molar-refractivity contribution in [1.29, 1.82) is 0 Å². The third kappa shape index (κ3) is 5.35. The number of nitrogens with one attached hydrogen (secondary N) is 3. The number of rotatable bonds is 6. The van der Waals surface area contributed by atoms with Crippen molar-refractivity contribution in [1.82, 2.24) is 19.9 Å². The van der Waals surface area contributed by atoms with Crippen LogP contribution in [-0.4, -0.2) is 35.3 Å². The lowest BCUT2D eigenvalue weighted by molar-refractivity contribution is 0.171. The number of carbonyl (C=O) groups is 1. The van der Waals surface area contributed by atoms with E-state index in [9.17, 15) is 13.2 Å². The molecule has 0 spiro atoms. The molecule has 11 heteroatoms. The molecular formula is C24H24N6O4S. The van der Waals surface area contributed by atoms with Gasteiger partial charge in [0.25, 0.3) is 0 Å². The monoisotopic (exact) mass is 492 g/mol. The van der Waals surface area contributed by atoms with Crippen LogP contribution in [0.3, 0.4) is 0 Å². The van der Waals surface area contributed by atoms with Gasteiger partial charge in [0.15, 0.2) is 5.65 Å². The molecule has 0 aliphatic heterocycles. The van der Waals surface area contributed by atoms with E-state index in [2.05, 4.69) is 25.6 Å². The average Bonchev–Trinajstić information content (AvgIpc) is 3.28. The molecule has 4 aromatic rings. The lowest BCUT2D eigenvalue weighted by Crippen LogP contribution is -2.35. The van der Waals surface area contributed by atoms with E-state index in [1.165, 1.54) is 0 Å². The Labute approximate surface area is 202 Å². The summed E-state index contributed by atoms with van der Waals surface area (Å²) in [6.45, 7) is 0. The predicted octanol–water partition coefficient (Wildman–Crippen LogP) is 3.88. The van der Waals surface area contributed by atoms with Crippen LogP contribution in [0.1, 0.15) is 36.1 Å². The summed E-state index contributed by atoms with van der Waals surface area (Å²) in [6.07, 6.45) is 5.81. The summed E-state index contributed by atoms with van der Waals surface area (Å²) in [7, 11) is -3.41. The number of sulfonamides is 1. The van der Waals surface area contributed by atoms with Gasteiger partial charge in [0, 0.05) is 5.69 Å². The number of benzene rings is 2. The Kier molecular flexibility index (Phi) is 6.00. The Morgan fingerprint density at radius 1 is 1.03 bits per heavy atom. The van der Waals surface area contributed by atoms with Gasteiger partial charge in [-0.2, -0.15) is 0 Å². The molecule has 0 bridgehead atoms. The molecule has 0 fully saturated rings. The maximum Gasteiger partial charge on any atom is 0.319 e. The van der Waals surface area contributed by atoms with Crippen molar-refractivity contribution in [2.45, 2.75) is 25.0 Å². The standard InChI is InChI=1S/C24H24N6O4S/c1-35(32,33)29-17-6-4-5-16(13-17)26-24(31)27-21-10-11-22(20-8-3-2-7-19(20)21)34-18-9-12-23-28-25-15-30(23)14-18/h2-9,12-15,21-22,29H,10-11H2,1H3,(H2,26,27,31). The van der Waals surface area contributed by atoms with Crippen molar-refractivity contribution in [3.63, 3.8) is 0 Å². The van der Waals surface area contributed by atoms with Crippen LogP contribution in [0.25, 0.3) is 5.65 Å². The number of pyridine rings is 1. The molecule has 2 aromatic carbocycles. The smallest absolute Gasteiger partial charge is 0.319 e. The molecule has 35 heavy (non-hydrogen) atoms. The Morgan fingerprint density at radius 3 is 2.66 bits per heavy atom. The molecule has 3 N–H and O–H groups in total. The molecule has 0 saturated carbocycles. The van der Waals surface area contributed by atoms with E-state index < -0.39 is 10.0 Å². The maximum atomic E-state index is 12.8. The zero-order valence-corrected chi connectivity index (χ0v) is 19.7. The molecule has 2 atom stereocenters. The molecule has 2 heterocycles. The fourth-order valence-corrected chi connectivity index (χ4v) is 4.82. The molecule has 10 nitrogen and oxygen atoms in total. The third-order valence-corrected chi connectivity index (χ3v) is 6.31. The molecule has 180 valence electrons. The molecule has 2 amide bonds. The molecule has 0 saturated heterocycles. The van der Waals surface area contributed by atoms with Gasteiger partial charge in [-0.25, -0.2) is 13.2 Å². The van der Waals surface area contributed by atoms with Gasteiger partial charge in [-0.15, -0.1) is 10.2 Å². The first-order chi connectivity index (χ1) is 16.8. The summed E-state index contributed by atoms with van der Waals surface area (Å²) in [5.41, 5.74) is 3.61. The fraction of sp³-hybridized carbons (Fsp3) is 0.208. The van der Waals surface area contributed by atoms with E-state index in [0.717, 1.165) is 29.5 Å². The number of nitrogens with zero attached hydrogens (tertiary/aromatic N) is 3. The lowest BCUT2D eigenvalue weighted by Gasteiger charge is -2.32. The summed E-state index contributed by atoms with van der Waals surface area (Å²) in [4.78, 5) is 12.8. The average molecular weight is 493 g/mol. The van der Waals surface area contributed by atoms with Crippen LogP contribution in [0.4, 0.5) is 16.2 Å². The summed E-state index contributed by atoms with van der Waals surface area (Å²) in [6, 6.07) is 17.6. The number of hydrogen-bond donors (Lipinski definition) is 3. The van der Waals surface area contributed by atoms with Crippen molar-refractivity contribution in [3.05, 3.63) is 84.3 Å². The van der Waals surface area contributed by atoms with Gasteiger partial charge in [-0.05, 0) is 54.3 Å². The molecular weight excluding hydrogens is 468 g/mol. The first kappa shape index (κ1) is 22.7. The number of ether oxygens (including phenoxy) is 1. The maximum absolute atomic E-state index is 12.8. The zero-order chi connectivity index (χ0) is 24.4. The second-order valence-electron chi connectivity index (χ2n) is 8.38.